The van der Waals surface area contributed by atoms with E-state index in [1.165, 1.54) is 5.56 Å². The second-order valence-electron chi connectivity index (χ2n) is 8.89. The van der Waals surface area contributed by atoms with E-state index in [0.29, 0.717) is 18.3 Å². The molecule has 1 aromatic heterocycles. The quantitative estimate of drug-likeness (QED) is 0.205. The Balaban J connectivity index is 1.45. The maximum Gasteiger partial charge on any atom is 0.277 e. The second kappa shape index (κ2) is 12.5. The van der Waals surface area contributed by atoms with Crippen LogP contribution in [0.15, 0.2) is 90.2 Å². The minimum Gasteiger partial charge on any atom is -0.494 e. The minimum atomic E-state index is -0.349. The number of ether oxygens (including phenoxy) is 2. The van der Waals surface area contributed by atoms with Gasteiger partial charge in [0.2, 0.25) is 0 Å². The molecule has 0 unspecified atom stereocenters. The van der Waals surface area contributed by atoms with E-state index in [0.717, 1.165) is 34.7 Å². The molecule has 0 fully saturated rings. The summed E-state index contributed by atoms with van der Waals surface area (Å²) in [4.78, 5) is 12.3. The number of carbonyl (C=O) groups is 1. The van der Waals surface area contributed by atoms with Crippen LogP contribution in [0.4, 0.5) is 0 Å². The van der Waals surface area contributed by atoms with Gasteiger partial charge in [-0.25, -0.2) is 10.1 Å². The number of carbonyl (C=O) groups excluding carboxylic acids is 1. The summed E-state index contributed by atoms with van der Waals surface area (Å²) >= 11 is 0. The maximum absolute atomic E-state index is 12.3. The van der Waals surface area contributed by atoms with E-state index in [2.05, 4.69) is 31.3 Å². The van der Waals surface area contributed by atoms with Crippen molar-refractivity contribution in [2.45, 2.75) is 33.1 Å². The summed E-state index contributed by atoms with van der Waals surface area (Å²) in [7, 11) is 0. The molecule has 0 aliphatic heterocycles. The number of hydrogen-bond acceptors (Lipinski definition) is 5. The molecule has 190 valence electrons. The molecule has 1 N–H and O–H groups in total. The molecule has 4 aromatic rings. The molecular formula is C30H32N4O3. The molecule has 7 nitrogen and oxygen atoms in total. The van der Waals surface area contributed by atoms with Gasteiger partial charge < -0.3 is 9.47 Å². The predicted molar refractivity (Wildman–Crippen MR) is 147 cm³/mol. The topological polar surface area (TPSA) is 77.7 Å². The third-order valence-electron chi connectivity index (χ3n) is 5.67. The van der Waals surface area contributed by atoms with Crippen molar-refractivity contribution in [2.75, 3.05) is 13.2 Å². The van der Waals surface area contributed by atoms with Crippen molar-refractivity contribution < 1.29 is 14.3 Å². The first kappa shape index (κ1) is 25.7. The Bertz CT molecular complexity index is 1310. The molecule has 0 aliphatic carbocycles. The number of aromatic nitrogens is 2. The van der Waals surface area contributed by atoms with Gasteiger partial charge in [-0.1, -0.05) is 51.1 Å². The number of hydrogen-bond donors (Lipinski definition) is 1. The van der Waals surface area contributed by atoms with Gasteiger partial charge >= 0.3 is 0 Å². The van der Waals surface area contributed by atoms with Crippen LogP contribution in [-0.4, -0.2) is 35.1 Å². The van der Waals surface area contributed by atoms with E-state index in [1.54, 1.807) is 10.9 Å². The number of rotatable bonds is 11. The SMILES string of the molecule is CCCOc1ccc(-c2nn(-c3ccccc3)cc2/C=N\NC(=O)COc2ccc(C(C)C)cc2)cc1. The van der Waals surface area contributed by atoms with E-state index < -0.39 is 0 Å². The number of amides is 1. The van der Waals surface area contributed by atoms with Gasteiger partial charge in [-0.3, -0.25) is 4.79 Å². The number of hydrazone groups is 1. The van der Waals surface area contributed by atoms with E-state index in [4.69, 9.17) is 14.6 Å². The average molecular weight is 497 g/mol. The molecule has 0 radical (unpaired) electrons. The standard InChI is InChI=1S/C30H32N4O3/c1-4-18-36-27-16-12-24(13-17-27)30-25(20-34(33-30)26-8-6-5-7-9-26)19-31-32-29(35)21-37-28-14-10-23(11-15-28)22(2)3/h5-17,19-20,22H,4,18,21H2,1-3H3,(H,32,35)/b31-19-. The number of benzene rings is 3. The lowest BCUT2D eigenvalue weighted by Crippen LogP contribution is -2.24. The van der Waals surface area contributed by atoms with Crippen LogP contribution in [0.25, 0.3) is 16.9 Å². The first-order valence-electron chi connectivity index (χ1n) is 12.5. The van der Waals surface area contributed by atoms with Crippen molar-refractivity contribution in [3.05, 3.63) is 96.2 Å². The molecule has 0 atom stereocenters. The normalized spacial score (nSPS) is 11.1. The van der Waals surface area contributed by atoms with Crippen molar-refractivity contribution in [3.63, 3.8) is 0 Å². The zero-order valence-electron chi connectivity index (χ0n) is 21.4. The summed E-state index contributed by atoms with van der Waals surface area (Å²) in [5.41, 5.74) is 7.10. The first-order chi connectivity index (χ1) is 18.0. The molecule has 37 heavy (non-hydrogen) atoms. The van der Waals surface area contributed by atoms with Gasteiger partial charge in [-0.2, -0.15) is 10.2 Å². The Hall–Kier alpha value is -4.39. The zero-order chi connectivity index (χ0) is 26.0. The molecule has 0 bridgehead atoms. The molecule has 3 aromatic carbocycles. The monoisotopic (exact) mass is 496 g/mol. The molecule has 0 spiro atoms. The number of nitrogens with zero attached hydrogens (tertiary/aromatic N) is 3. The lowest BCUT2D eigenvalue weighted by atomic mass is 10.0. The summed E-state index contributed by atoms with van der Waals surface area (Å²) in [5.74, 6) is 1.55. The maximum atomic E-state index is 12.3. The third-order valence-corrected chi connectivity index (χ3v) is 5.67. The van der Waals surface area contributed by atoms with Gasteiger partial charge in [0.25, 0.3) is 5.91 Å². The van der Waals surface area contributed by atoms with Gasteiger partial charge in [0.15, 0.2) is 6.61 Å². The summed E-state index contributed by atoms with van der Waals surface area (Å²) in [6.07, 6.45) is 4.43. The van der Waals surface area contributed by atoms with E-state index in [-0.39, 0.29) is 12.5 Å². The van der Waals surface area contributed by atoms with E-state index >= 15 is 0 Å². The highest BCUT2D eigenvalue weighted by molar-refractivity contribution is 5.89. The van der Waals surface area contributed by atoms with Gasteiger partial charge in [-0.05, 0) is 66.4 Å². The molecule has 0 saturated carbocycles. The predicted octanol–water partition coefficient (Wildman–Crippen LogP) is 5.98. The van der Waals surface area contributed by atoms with Gasteiger partial charge in [-0.15, -0.1) is 0 Å². The fourth-order valence-corrected chi connectivity index (χ4v) is 3.65. The molecule has 1 amide bonds. The highest BCUT2D eigenvalue weighted by atomic mass is 16.5. The Morgan fingerprint density at radius 1 is 0.973 bits per heavy atom. The van der Waals surface area contributed by atoms with Crippen LogP contribution in [0, 0.1) is 0 Å². The summed E-state index contributed by atoms with van der Waals surface area (Å²) in [6, 6.07) is 25.4. The van der Waals surface area contributed by atoms with Crippen LogP contribution in [0.5, 0.6) is 11.5 Å². The third kappa shape index (κ3) is 7.07. The molecule has 0 aliphatic rings. The van der Waals surface area contributed by atoms with Crippen LogP contribution in [0.1, 0.15) is 44.2 Å². The van der Waals surface area contributed by atoms with Gasteiger partial charge in [0.05, 0.1) is 18.5 Å². The van der Waals surface area contributed by atoms with Crippen molar-refractivity contribution in [3.8, 4) is 28.4 Å². The smallest absolute Gasteiger partial charge is 0.277 e. The van der Waals surface area contributed by atoms with Gasteiger partial charge in [0, 0.05) is 17.3 Å². The van der Waals surface area contributed by atoms with Crippen LogP contribution in [-0.2, 0) is 4.79 Å². The van der Waals surface area contributed by atoms with Gasteiger partial charge in [0.1, 0.15) is 17.2 Å². The minimum absolute atomic E-state index is 0.131. The summed E-state index contributed by atoms with van der Waals surface area (Å²) in [5, 5.41) is 8.94. The molecule has 1 heterocycles. The fourth-order valence-electron chi connectivity index (χ4n) is 3.65. The highest BCUT2D eigenvalue weighted by Gasteiger charge is 2.12. The Morgan fingerprint density at radius 3 is 2.32 bits per heavy atom. The fraction of sp³-hybridized carbons (Fsp3) is 0.233. The van der Waals surface area contributed by atoms with Crippen LogP contribution in [0.3, 0.4) is 0 Å². The molecule has 4 rings (SSSR count). The van der Waals surface area contributed by atoms with Crippen molar-refractivity contribution >= 4 is 12.1 Å². The Morgan fingerprint density at radius 2 is 1.65 bits per heavy atom. The Kier molecular flexibility index (Phi) is 8.70. The zero-order valence-corrected chi connectivity index (χ0v) is 21.4. The molecule has 0 saturated heterocycles. The first-order valence-corrected chi connectivity index (χ1v) is 12.5. The van der Waals surface area contributed by atoms with Crippen molar-refractivity contribution in [2.24, 2.45) is 5.10 Å². The van der Waals surface area contributed by atoms with Crippen LogP contribution >= 0.6 is 0 Å². The van der Waals surface area contributed by atoms with Crippen LogP contribution in [0.2, 0.25) is 0 Å². The molecular weight excluding hydrogens is 464 g/mol. The number of para-hydroxylation sites is 1. The molecule has 7 heteroatoms. The summed E-state index contributed by atoms with van der Waals surface area (Å²) in [6.45, 7) is 6.88. The van der Waals surface area contributed by atoms with Crippen molar-refractivity contribution in [1.29, 1.82) is 0 Å². The lowest BCUT2D eigenvalue weighted by molar-refractivity contribution is -0.123. The van der Waals surface area contributed by atoms with E-state index in [1.807, 2.05) is 85.1 Å². The lowest BCUT2D eigenvalue weighted by Gasteiger charge is -2.08. The average Bonchev–Trinajstić information content (AvgIpc) is 3.36. The Labute approximate surface area is 217 Å². The highest BCUT2D eigenvalue weighted by Crippen LogP contribution is 2.25. The second-order valence-corrected chi connectivity index (χ2v) is 8.89. The van der Waals surface area contributed by atoms with Crippen LogP contribution < -0.4 is 14.9 Å². The largest absolute Gasteiger partial charge is 0.494 e. The van der Waals surface area contributed by atoms with Crippen molar-refractivity contribution in [1.82, 2.24) is 15.2 Å². The van der Waals surface area contributed by atoms with E-state index in [9.17, 15) is 4.79 Å². The number of nitrogens with one attached hydrogen (secondary N) is 1. The summed E-state index contributed by atoms with van der Waals surface area (Å²) < 4.78 is 13.1.